The van der Waals surface area contributed by atoms with Gasteiger partial charge in [-0.1, -0.05) is 42.5 Å². The molecule has 0 fully saturated rings. The molecular formula is C21H15NO3. The van der Waals surface area contributed by atoms with E-state index in [0.29, 0.717) is 17.0 Å². The molecule has 122 valence electrons. The highest BCUT2D eigenvalue weighted by Crippen LogP contribution is 2.31. The van der Waals surface area contributed by atoms with Crippen molar-refractivity contribution in [3.63, 3.8) is 0 Å². The van der Waals surface area contributed by atoms with Crippen LogP contribution in [0.25, 0.3) is 10.8 Å². The van der Waals surface area contributed by atoms with E-state index in [1.165, 1.54) is 0 Å². The van der Waals surface area contributed by atoms with E-state index in [-0.39, 0.29) is 0 Å². The number of esters is 1. The summed E-state index contributed by atoms with van der Waals surface area (Å²) < 4.78 is 11.3. The number of carbonyl (C=O) groups is 1. The third kappa shape index (κ3) is 3.02. The van der Waals surface area contributed by atoms with Crippen LogP contribution in [0.1, 0.15) is 27.9 Å². The number of carbonyl (C=O) groups excluding carboxylic acids is 1. The fraction of sp³-hybridized carbons (Fsp3) is 0.0476. The molecule has 0 aliphatic carbocycles. The Kier molecular flexibility index (Phi) is 4.01. The lowest BCUT2D eigenvalue weighted by molar-refractivity contribution is 0.0332. The van der Waals surface area contributed by atoms with Gasteiger partial charge in [0.2, 0.25) is 6.10 Å². The molecule has 0 N–H and O–H groups in total. The van der Waals surface area contributed by atoms with Crippen LogP contribution >= 0.6 is 0 Å². The maximum atomic E-state index is 12.6. The van der Waals surface area contributed by atoms with Crippen molar-refractivity contribution in [1.29, 1.82) is 0 Å². The standard InChI is InChI=1S/C21H15NO3/c23-21(16-8-2-1-3-9-16)25-20(18-11-6-14-24-18)19-17-10-5-4-7-15(17)12-13-22-19/h1-14,20H. The molecule has 0 bridgehead atoms. The summed E-state index contributed by atoms with van der Waals surface area (Å²) in [4.78, 5) is 17.0. The van der Waals surface area contributed by atoms with Crippen molar-refractivity contribution >= 4 is 16.7 Å². The lowest BCUT2D eigenvalue weighted by Crippen LogP contribution is -2.14. The van der Waals surface area contributed by atoms with Crippen LogP contribution in [0.15, 0.2) is 89.7 Å². The Hall–Kier alpha value is -3.40. The Labute approximate surface area is 144 Å². The highest BCUT2D eigenvalue weighted by Gasteiger charge is 2.25. The van der Waals surface area contributed by atoms with Crippen molar-refractivity contribution in [1.82, 2.24) is 4.98 Å². The van der Waals surface area contributed by atoms with Crippen LogP contribution in [0.5, 0.6) is 0 Å². The molecule has 0 aliphatic rings. The van der Waals surface area contributed by atoms with E-state index in [0.717, 1.165) is 10.8 Å². The number of benzene rings is 2. The van der Waals surface area contributed by atoms with E-state index in [1.54, 1.807) is 48.9 Å². The number of aromatic nitrogens is 1. The summed E-state index contributed by atoms with van der Waals surface area (Å²) in [7, 11) is 0. The van der Waals surface area contributed by atoms with Gasteiger partial charge in [-0.3, -0.25) is 4.98 Å². The van der Waals surface area contributed by atoms with Gasteiger partial charge in [-0.15, -0.1) is 0 Å². The second kappa shape index (κ2) is 6.61. The van der Waals surface area contributed by atoms with Gasteiger partial charge in [0.05, 0.1) is 17.5 Å². The van der Waals surface area contributed by atoms with Crippen molar-refractivity contribution in [2.75, 3.05) is 0 Å². The summed E-state index contributed by atoms with van der Waals surface area (Å²) in [6, 6.07) is 22.2. The number of hydrogen-bond acceptors (Lipinski definition) is 4. The van der Waals surface area contributed by atoms with Gasteiger partial charge < -0.3 is 9.15 Å². The average Bonchev–Trinajstić information content (AvgIpc) is 3.21. The van der Waals surface area contributed by atoms with Gasteiger partial charge in [0.1, 0.15) is 0 Å². The molecule has 25 heavy (non-hydrogen) atoms. The third-order valence-corrected chi connectivity index (χ3v) is 3.99. The second-order valence-corrected chi connectivity index (χ2v) is 5.58. The first-order chi connectivity index (χ1) is 12.3. The molecule has 4 rings (SSSR count). The molecule has 0 saturated heterocycles. The predicted molar refractivity (Wildman–Crippen MR) is 94.2 cm³/mol. The van der Waals surface area contributed by atoms with Gasteiger partial charge in [-0.05, 0) is 35.7 Å². The largest absolute Gasteiger partial charge is 0.465 e. The Morgan fingerprint density at radius 3 is 2.52 bits per heavy atom. The summed E-state index contributed by atoms with van der Waals surface area (Å²) in [6.45, 7) is 0. The molecule has 0 radical (unpaired) electrons. The molecule has 0 spiro atoms. The second-order valence-electron chi connectivity index (χ2n) is 5.58. The van der Waals surface area contributed by atoms with Crippen molar-refractivity contribution in [2.45, 2.75) is 6.10 Å². The smallest absolute Gasteiger partial charge is 0.339 e. The van der Waals surface area contributed by atoms with Crippen LogP contribution in [-0.2, 0) is 4.74 Å². The zero-order valence-electron chi connectivity index (χ0n) is 13.3. The lowest BCUT2D eigenvalue weighted by Gasteiger charge is -2.17. The summed E-state index contributed by atoms with van der Waals surface area (Å²) in [5.41, 5.74) is 1.14. The number of rotatable bonds is 4. The number of nitrogens with zero attached hydrogens (tertiary/aromatic N) is 1. The van der Waals surface area contributed by atoms with E-state index in [4.69, 9.17) is 9.15 Å². The number of furan rings is 1. The normalized spacial score (nSPS) is 12.0. The minimum Gasteiger partial charge on any atom is -0.465 e. The Morgan fingerprint density at radius 1 is 0.920 bits per heavy atom. The summed E-state index contributed by atoms with van der Waals surface area (Å²) in [5.74, 6) is 0.116. The highest BCUT2D eigenvalue weighted by molar-refractivity contribution is 5.90. The Bertz CT molecular complexity index is 989. The number of hydrogen-bond donors (Lipinski definition) is 0. The van der Waals surface area contributed by atoms with Gasteiger partial charge in [0, 0.05) is 11.6 Å². The summed E-state index contributed by atoms with van der Waals surface area (Å²) >= 11 is 0. The van der Waals surface area contributed by atoms with Crippen molar-refractivity contribution in [3.8, 4) is 0 Å². The Morgan fingerprint density at radius 2 is 1.72 bits per heavy atom. The average molecular weight is 329 g/mol. The van der Waals surface area contributed by atoms with E-state index in [1.807, 2.05) is 36.4 Å². The minimum atomic E-state index is -0.714. The predicted octanol–water partition coefficient (Wildman–Crippen LogP) is 4.77. The van der Waals surface area contributed by atoms with Crippen molar-refractivity contribution < 1.29 is 13.9 Å². The van der Waals surface area contributed by atoms with Gasteiger partial charge in [-0.25, -0.2) is 4.79 Å². The number of ether oxygens (including phenoxy) is 1. The number of fused-ring (bicyclic) bond motifs is 1. The summed E-state index contributed by atoms with van der Waals surface area (Å²) in [5, 5.41) is 1.95. The zero-order chi connectivity index (χ0) is 17.1. The first-order valence-corrected chi connectivity index (χ1v) is 7.96. The molecule has 2 aromatic carbocycles. The third-order valence-electron chi connectivity index (χ3n) is 3.99. The van der Waals surface area contributed by atoms with Gasteiger partial charge in [0.25, 0.3) is 0 Å². The molecule has 2 aromatic heterocycles. The van der Waals surface area contributed by atoms with Crippen LogP contribution in [0.3, 0.4) is 0 Å². The maximum absolute atomic E-state index is 12.6. The molecule has 0 saturated carbocycles. The first-order valence-electron chi connectivity index (χ1n) is 7.96. The fourth-order valence-electron chi connectivity index (χ4n) is 2.79. The van der Waals surface area contributed by atoms with E-state index in [9.17, 15) is 4.79 Å². The van der Waals surface area contributed by atoms with Crippen LogP contribution in [0, 0.1) is 0 Å². The molecule has 1 atom stereocenters. The lowest BCUT2D eigenvalue weighted by atomic mass is 10.0. The SMILES string of the molecule is O=C(OC(c1ccco1)c1nccc2ccccc12)c1ccccc1. The molecule has 2 heterocycles. The molecule has 0 aliphatic heterocycles. The first kappa shape index (κ1) is 15.1. The molecule has 1 unspecified atom stereocenters. The zero-order valence-corrected chi connectivity index (χ0v) is 13.3. The molecular weight excluding hydrogens is 314 g/mol. The van der Waals surface area contributed by atoms with Gasteiger partial charge in [0.15, 0.2) is 5.76 Å². The molecule has 4 aromatic rings. The number of pyridine rings is 1. The maximum Gasteiger partial charge on any atom is 0.339 e. The minimum absolute atomic E-state index is 0.420. The summed E-state index contributed by atoms with van der Waals surface area (Å²) in [6.07, 6.45) is 2.56. The van der Waals surface area contributed by atoms with Gasteiger partial charge in [-0.2, -0.15) is 0 Å². The highest BCUT2D eigenvalue weighted by atomic mass is 16.6. The van der Waals surface area contributed by atoms with Crippen LogP contribution < -0.4 is 0 Å². The topological polar surface area (TPSA) is 52.3 Å². The fourth-order valence-corrected chi connectivity index (χ4v) is 2.79. The Balaban J connectivity index is 1.78. The van der Waals surface area contributed by atoms with Crippen molar-refractivity contribution in [3.05, 3.63) is 102 Å². The van der Waals surface area contributed by atoms with Crippen molar-refractivity contribution in [2.24, 2.45) is 0 Å². The molecule has 4 nitrogen and oxygen atoms in total. The van der Waals surface area contributed by atoms with Crippen LogP contribution in [-0.4, -0.2) is 11.0 Å². The van der Waals surface area contributed by atoms with E-state index in [2.05, 4.69) is 4.98 Å². The van der Waals surface area contributed by atoms with Crippen LogP contribution in [0.2, 0.25) is 0 Å². The molecule has 0 amide bonds. The molecule has 4 heteroatoms. The van der Waals surface area contributed by atoms with E-state index < -0.39 is 12.1 Å². The quantitative estimate of drug-likeness (QED) is 0.506. The van der Waals surface area contributed by atoms with Crippen LogP contribution in [0.4, 0.5) is 0 Å². The monoisotopic (exact) mass is 329 g/mol. The van der Waals surface area contributed by atoms with Gasteiger partial charge >= 0.3 is 5.97 Å². The van der Waals surface area contributed by atoms with E-state index >= 15 is 0 Å².